The van der Waals surface area contributed by atoms with E-state index in [2.05, 4.69) is 16.8 Å². The van der Waals surface area contributed by atoms with Crippen molar-refractivity contribution in [1.82, 2.24) is 10.2 Å². The predicted molar refractivity (Wildman–Crippen MR) is 82.7 cm³/mol. The minimum absolute atomic E-state index is 0.0942. The molecule has 1 saturated heterocycles. The molecule has 2 aliphatic rings. The first-order chi connectivity index (χ1) is 10.9. The number of thioether (sulfide) groups is 1. The highest BCUT2D eigenvalue weighted by atomic mass is 32.2. The smallest absolute Gasteiger partial charge is 0.349 e. The summed E-state index contributed by atoms with van der Waals surface area (Å²) in [6.45, 7) is 5.99. The fourth-order valence-electron chi connectivity index (χ4n) is 3.23. The molecule has 3 rings (SSSR count). The van der Waals surface area contributed by atoms with Gasteiger partial charge in [0.05, 0.1) is 0 Å². The van der Waals surface area contributed by atoms with E-state index in [4.69, 9.17) is 0 Å². The highest BCUT2D eigenvalue weighted by Gasteiger charge is 2.55. The van der Waals surface area contributed by atoms with E-state index < -0.39 is 5.51 Å². The van der Waals surface area contributed by atoms with Crippen molar-refractivity contribution in [2.45, 2.75) is 23.0 Å². The highest BCUT2D eigenvalue weighted by Crippen LogP contribution is 2.46. The Bertz CT molecular complexity index is 590. The van der Waals surface area contributed by atoms with Crippen molar-refractivity contribution in [2.24, 2.45) is 11.8 Å². The lowest BCUT2D eigenvalue weighted by molar-refractivity contribution is -0.116. The lowest BCUT2D eigenvalue weighted by Gasteiger charge is -2.20. The van der Waals surface area contributed by atoms with Crippen molar-refractivity contribution in [3.8, 4) is 0 Å². The molecular formula is C16H17F3N2OS. The topological polar surface area (TPSA) is 32.3 Å². The van der Waals surface area contributed by atoms with Gasteiger partial charge in [0.1, 0.15) is 0 Å². The molecule has 2 unspecified atom stereocenters. The second-order valence-electron chi connectivity index (χ2n) is 5.95. The number of nitrogens with zero attached hydrogens (tertiary/aromatic N) is 1. The van der Waals surface area contributed by atoms with Gasteiger partial charge in [0.25, 0.3) is 0 Å². The number of rotatable bonds is 5. The Labute approximate surface area is 136 Å². The normalized spacial score (nSPS) is 26.7. The molecule has 23 heavy (non-hydrogen) atoms. The molecule has 1 heterocycles. The van der Waals surface area contributed by atoms with Gasteiger partial charge in [-0.25, -0.2) is 0 Å². The van der Waals surface area contributed by atoms with Crippen molar-refractivity contribution in [3.63, 3.8) is 0 Å². The lowest BCUT2D eigenvalue weighted by atomic mass is 10.2. The van der Waals surface area contributed by atoms with Crippen molar-refractivity contribution in [2.75, 3.05) is 13.1 Å². The summed E-state index contributed by atoms with van der Waals surface area (Å²) in [7, 11) is 0. The number of alkyl halides is 3. The summed E-state index contributed by atoms with van der Waals surface area (Å²) in [5.74, 6) is 0.839. The molecular weight excluding hydrogens is 325 g/mol. The maximum atomic E-state index is 12.3. The van der Waals surface area contributed by atoms with E-state index in [0.29, 0.717) is 11.8 Å². The van der Waals surface area contributed by atoms with Crippen LogP contribution in [0.25, 0.3) is 0 Å². The molecule has 1 N–H and O–H groups in total. The first kappa shape index (κ1) is 16.4. The van der Waals surface area contributed by atoms with Gasteiger partial charge in [0, 0.05) is 30.6 Å². The third-order valence-corrected chi connectivity index (χ3v) is 5.07. The minimum Gasteiger partial charge on any atom is -0.349 e. The van der Waals surface area contributed by atoms with Crippen molar-refractivity contribution < 1.29 is 18.0 Å². The number of amides is 1. The second-order valence-corrected chi connectivity index (χ2v) is 7.09. The maximum Gasteiger partial charge on any atom is 0.446 e. The van der Waals surface area contributed by atoms with Crippen LogP contribution in [0, 0.1) is 11.8 Å². The van der Waals surface area contributed by atoms with Crippen LogP contribution in [0.4, 0.5) is 13.2 Å². The molecule has 1 aromatic rings. The van der Waals surface area contributed by atoms with Gasteiger partial charge in [0.15, 0.2) is 0 Å². The number of nitrogens with one attached hydrogen (secondary N) is 1. The minimum atomic E-state index is -4.25. The first-order valence-corrected chi connectivity index (χ1v) is 8.17. The Morgan fingerprint density at radius 3 is 2.43 bits per heavy atom. The zero-order chi connectivity index (χ0) is 16.6. The number of benzene rings is 1. The number of carbonyl (C=O) groups excluding carboxylic acids is 1. The molecule has 0 spiro atoms. The zero-order valence-electron chi connectivity index (χ0n) is 12.3. The van der Waals surface area contributed by atoms with E-state index in [1.54, 1.807) is 12.1 Å². The molecule has 0 radical (unpaired) electrons. The van der Waals surface area contributed by atoms with E-state index in [1.165, 1.54) is 18.2 Å². The second kappa shape index (κ2) is 6.20. The van der Waals surface area contributed by atoms with E-state index in [9.17, 15) is 18.0 Å². The number of carbonyl (C=O) groups is 1. The number of hydrogen-bond acceptors (Lipinski definition) is 3. The molecule has 0 bridgehead atoms. The van der Waals surface area contributed by atoms with Gasteiger partial charge in [0.2, 0.25) is 5.91 Å². The molecule has 1 saturated carbocycles. The summed E-state index contributed by atoms with van der Waals surface area (Å²) >= 11 is -0.0942. The van der Waals surface area contributed by atoms with Crippen LogP contribution in [0.3, 0.4) is 0 Å². The van der Waals surface area contributed by atoms with Gasteiger partial charge in [-0.2, -0.15) is 13.2 Å². The maximum absolute atomic E-state index is 12.3. The monoisotopic (exact) mass is 342 g/mol. The van der Waals surface area contributed by atoms with Crippen molar-refractivity contribution in [1.29, 1.82) is 0 Å². The van der Waals surface area contributed by atoms with Crippen LogP contribution in [0.1, 0.15) is 5.56 Å². The quantitative estimate of drug-likeness (QED) is 0.659. The predicted octanol–water partition coefficient (Wildman–Crippen LogP) is 3.03. The Hall–Kier alpha value is -1.47. The fourth-order valence-corrected chi connectivity index (χ4v) is 3.77. The largest absolute Gasteiger partial charge is 0.446 e. The molecule has 0 aromatic heterocycles. The van der Waals surface area contributed by atoms with Crippen LogP contribution in [0.2, 0.25) is 0 Å². The number of likely N-dealkylation sites (tertiary alicyclic amines) is 1. The third kappa shape index (κ3) is 4.09. The third-order valence-electron chi connectivity index (χ3n) is 4.33. The molecule has 1 aliphatic carbocycles. The SMILES string of the molecule is C=CC(=O)NC1C2CN(Cc3ccc(SC(F)(F)F)cc3)CC21. The molecule has 1 aliphatic heterocycles. The van der Waals surface area contributed by atoms with Crippen LogP contribution < -0.4 is 5.32 Å². The Kier molecular flexibility index (Phi) is 4.42. The average molecular weight is 342 g/mol. The summed E-state index contributed by atoms with van der Waals surface area (Å²) in [6, 6.07) is 6.76. The Balaban J connectivity index is 1.47. The molecule has 124 valence electrons. The standard InChI is InChI=1S/C16H17F3N2OS/c1-2-14(22)20-15-12-8-21(9-13(12)15)7-10-3-5-11(6-4-10)23-16(17,18)19/h2-6,12-13,15H,1,7-9H2,(H,20,22). The van der Waals surface area contributed by atoms with Crippen molar-refractivity contribution in [3.05, 3.63) is 42.5 Å². The summed E-state index contributed by atoms with van der Waals surface area (Å²) in [4.78, 5) is 13.8. The first-order valence-electron chi connectivity index (χ1n) is 7.36. The number of fused-ring (bicyclic) bond motifs is 1. The molecule has 3 nitrogen and oxygen atoms in total. The van der Waals surface area contributed by atoms with Gasteiger partial charge in [-0.1, -0.05) is 18.7 Å². The van der Waals surface area contributed by atoms with Gasteiger partial charge in [-0.05, 0) is 47.4 Å². The Morgan fingerprint density at radius 2 is 1.91 bits per heavy atom. The molecule has 7 heteroatoms. The van der Waals surface area contributed by atoms with E-state index in [0.717, 1.165) is 25.2 Å². The highest BCUT2D eigenvalue weighted by molar-refractivity contribution is 8.00. The summed E-state index contributed by atoms with van der Waals surface area (Å²) in [5, 5.41) is 2.93. The van der Waals surface area contributed by atoms with Gasteiger partial charge in [-0.3, -0.25) is 9.69 Å². The van der Waals surface area contributed by atoms with Gasteiger partial charge in [-0.15, -0.1) is 0 Å². The number of piperidine rings is 1. The van der Waals surface area contributed by atoms with Gasteiger partial charge >= 0.3 is 5.51 Å². The molecule has 2 atom stereocenters. The van der Waals surface area contributed by atoms with E-state index in [1.807, 2.05) is 0 Å². The lowest BCUT2D eigenvalue weighted by Crippen LogP contribution is -2.33. The van der Waals surface area contributed by atoms with Crippen LogP contribution in [-0.2, 0) is 11.3 Å². The van der Waals surface area contributed by atoms with E-state index >= 15 is 0 Å². The van der Waals surface area contributed by atoms with Crippen molar-refractivity contribution >= 4 is 17.7 Å². The van der Waals surface area contributed by atoms with Crippen LogP contribution in [0.15, 0.2) is 41.8 Å². The molecule has 1 aromatic carbocycles. The summed E-state index contributed by atoms with van der Waals surface area (Å²) in [5.41, 5.74) is -3.24. The van der Waals surface area contributed by atoms with Crippen LogP contribution in [-0.4, -0.2) is 35.4 Å². The Morgan fingerprint density at radius 1 is 1.30 bits per heavy atom. The molecule has 2 fully saturated rings. The average Bonchev–Trinajstić information content (AvgIpc) is 2.92. The summed E-state index contributed by atoms with van der Waals surface area (Å²) < 4.78 is 36.9. The van der Waals surface area contributed by atoms with E-state index in [-0.39, 0.29) is 28.6 Å². The fraction of sp³-hybridized carbons (Fsp3) is 0.438. The van der Waals surface area contributed by atoms with Crippen LogP contribution >= 0.6 is 11.8 Å². The number of halogens is 3. The van der Waals surface area contributed by atoms with Gasteiger partial charge < -0.3 is 5.32 Å². The zero-order valence-corrected chi connectivity index (χ0v) is 13.2. The molecule has 1 amide bonds. The van der Waals surface area contributed by atoms with Crippen LogP contribution in [0.5, 0.6) is 0 Å². The summed E-state index contributed by atoms with van der Waals surface area (Å²) in [6.07, 6.45) is 1.28. The number of hydrogen-bond donors (Lipinski definition) is 1.